The largest absolute Gasteiger partial charge is 0.465 e. The van der Waals surface area contributed by atoms with Gasteiger partial charge in [-0.15, -0.1) is 0 Å². The van der Waals surface area contributed by atoms with E-state index in [2.05, 4.69) is 38.7 Å². The second-order valence-corrected chi connectivity index (χ2v) is 4.89. The zero-order chi connectivity index (χ0) is 13.0. The summed E-state index contributed by atoms with van der Waals surface area (Å²) >= 11 is 0. The number of aryl methyl sites for hydroxylation is 1. The first-order chi connectivity index (χ1) is 8.01. The highest BCUT2D eigenvalue weighted by Gasteiger charge is 2.28. The number of hydrogen-bond donors (Lipinski definition) is 1. The first kappa shape index (κ1) is 14.3. The Morgan fingerprint density at radius 3 is 2.29 bits per heavy atom. The molecule has 0 aliphatic heterocycles. The molecule has 98 valence electrons. The van der Waals surface area contributed by atoms with Gasteiger partial charge in [-0.1, -0.05) is 13.8 Å². The molecule has 0 aliphatic rings. The highest BCUT2D eigenvalue weighted by atomic mass is 16.3. The molecule has 3 heteroatoms. The first-order valence-corrected chi connectivity index (χ1v) is 6.58. The van der Waals surface area contributed by atoms with Crippen molar-refractivity contribution in [2.75, 3.05) is 6.54 Å². The van der Waals surface area contributed by atoms with Crippen LogP contribution in [0.15, 0.2) is 16.5 Å². The van der Waals surface area contributed by atoms with Crippen LogP contribution in [0, 0.1) is 6.92 Å². The van der Waals surface area contributed by atoms with Crippen LogP contribution in [0.3, 0.4) is 0 Å². The molecular weight excluding hydrogens is 212 g/mol. The van der Waals surface area contributed by atoms with Crippen LogP contribution in [-0.2, 0) is 0 Å². The van der Waals surface area contributed by atoms with Gasteiger partial charge in [-0.05, 0) is 45.9 Å². The van der Waals surface area contributed by atoms with Crippen LogP contribution in [0.1, 0.15) is 51.7 Å². The van der Waals surface area contributed by atoms with Gasteiger partial charge >= 0.3 is 0 Å². The number of rotatable bonds is 6. The minimum Gasteiger partial charge on any atom is -0.465 e. The number of nitrogens with two attached hydrogens (primary N) is 1. The van der Waals surface area contributed by atoms with Gasteiger partial charge in [0.2, 0.25) is 0 Å². The molecule has 1 heterocycles. The van der Waals surface area contributed by atoms with E-state index in [1.165, 1.54) is 0 Å². The summed E-state index contributed by atoms with van der Waals surface area (Å²) in [4.78, 5) is 2.40. The lowest BCUT2D eigenvalue weighted by molar-refractivity contribution is 0.119. The highest BCUT2D eigenvalue weighted by Crippen LogP contribution is 2.28. The van der Waals surface area contributed by atoms with E-state index in [4.69, 9.17) is 10.2 Å². The molecule has 0 aliphatic carbocycles. The lowest BCUT2D eigenvalue weighted by atomic mass is 10.0. The van der Waals surface area contributed by atoms with Crippen molar-refractivity contribution in [1.82, 2.24) is 4.90 Å². The maximum Gasteiger partial charge on any atom is 0.122 e. The van der Waals surface area contributed by atoms with E-state index in [9.17, 15) is 0 Å². The molecule has 2 N–H and O–H groups in total. The van der Waals surface area contributed by atoms with Gasteiger partial charge in [0.25, 0.3) is 0 Å². The zero-order valence-corrected chi connectivity index (χ0v) is 11.7. The van der Waals surface area contributed by atoms with Gasteiger partial charge in [-0.2, -0.15) is 0 Å². The van der Waals surface area contributed by atoms with Crippen LogP contribution >= 0.6 is 0 Å². The summed E-state index contributed by atoms with van der Waals surface area (Å²) in [5.74, 6) is 1.94. The third-order valence-electron chi connectivity index (χ3n) is 3.32. The van der Waals surface area contributed by atoms with Crippen LogP contribution in [-0.4, -0.2) is 23.5 Å². The molecule has 3 nitrogen and oxygen atoms in total. The van der Waals surface area contributed by atoms with Crippen molar-refractivity contribution < 1.29 is 4.42 Å². The standard InChI is InChI=1S/C14H26N2O/c1-6-12(15)14(16(7-2)10(3)4)13-9-8-11(5)17-13/h8-10,12,14H,6-7,15H2,1-5H3. The van der Waals surface area contributed by atoms with E-state index in [1.54, 1.807) is 0 Å². The van der Waals surface area contributed by atoms with Gasteiger partial charge < -0.3 is 10.2 Å². The molecule has 2 unspecified atom stereocenters. The van der Waals surface area contributed by atoms with Crippen molar-refractivity contribution in [2.24, 2.45) is 5.73 Å². The lowest BCUT2D eigenvalue weighted by Crippen LogP contribution is -2.44. The molecule has 0 saturated heterocycles. The van der Waals surface area contributed by atoms with Crippen molar-refractivity contribution in [2.45, 2.75) is 59.2 Å². The molecule has 0 radical (unpaired) electrons. The Kier molecular flexibility index (Phi) is 5.22. The Hall–Kier alpha value is -0.800. The van der Waals surface area contributed by atoms with Gasteiger partial charge in [-0.25, -0.2) is 0 Å². The minimum absolute atomic E-state index is 0.114. The van der Waals surface area contributed by atoms with Crippen molar-refractivity contribution in [1.29, 1.82) is 0 Å². The van der Waals surface area contributed by atoms with Gasteiger partial charge in [0.1, 0.15) is 11.5 Å². The van der Waals surface area contributed by atoms with Crippen LogP contribution < -0.4 is 5.73 Å². The maximum atomic E-state index is 6.27. The van der Waals surface area contributed by atoms with E-state index >= 15 is 0 Å². The predicted octanol–water partition coefficient (Wildman–Crippen LogP) is 3.10. The molecule has 0 bridgehead atoms. The van der Waals surface area contributed by atoms with E-state index in [1.807, 2.05) is 13.0 Å². The average Bonchev–Trinajstić information content (AvgIpc) is 2.70. The molecule has 0 spiro atoms. The van der Waals surface area contributed by atoms with Gasteiger partial charge in [0.15, 0.2) is 0 Å². The van der Waals surface area contributed by atoms with Crippen LogP contribution in [0.2, 0.25) is 0 Å². The molecule has 0 fully saturated rings. The van der Waals surface area contributed by atoms with Crippen LogP contribution in [0.25, 0.3) is 0 Å². The van der Waals surface area contributed by atoms with Crippen molar-refractivity contribution >= 4 is 0 Å². The normalized spacial score (nSPS) is 15.5. The fourth-order valence-corrected chi connectivity index (χ4v) is 2.34. The first-order valence-electron chi connectivity index (χ1n) is 6.58. The van der Waals surface area contributed by atoms with Gasteiger partial charge in [-0.3, -0.25) is 4.90 Å². The monoisotopic (exact) mass is 238 g/mol. The molecular formula is C14H26N2O. The number of likely N-dealkylation sites (N-methyl/N-ethyl adjacent to an activating group) is 1. The summed E-state index contributed by atoms with van der Waals surface area (Å²) in [5, 5.41) is 0. The second-order valence-electron chi connectivity index (χ2n) is 4.89. The summed E-state index contributed by atoms with van der Waals surface area (Å²) in [7, 11) is 0. The zero-order valence-electron chi connectivity index (χ0n) is 11.7. The SMILES string of the molecule is CCC(N)C(c1ccc(C)o1)N(CC)C(C)C. The Morgan fingerprint density at radius 2 is 1.94 bits per heavy atom. The number of furan rings is 1. The predicted molar refractivity (Wildman–Crippen MR) is 72.0 cm³/mol. The van der Waals surface area contributed by atoms with Crippen LogP contribution in [0.4, 0.5) is 0 Å². The van der Waals surface area contributed by atoms with Crippen LogP contribution in [0.5, 0.6) is 0 Å². The molecule has 17 heavy (non-hydrogen) atoms. The molecule has 1 aromatic rings. The smallest absolute Gasteiger partial charge is 0.122 e. The third-order valence-corrected chi connectivity index (χ3v) is 3.32. The summed E-state index contributed by atoms with van der Waals surface area (Å²) in [6.45, 7) is 11.7. The molecule has 1 rings (SSSR count). The number of hydrogen-bond acceptors (Lipinski definition) is 3. The van der Waals surface area contributed by atoms with Crippen molar-refractivity contribution in [3.05, 3.63) is 23.7 Å². The van der Waals surface area contributed by atoms with E-state index in [0.717, 1.165) is 24.5 Å². The number of nitrogens with zero attached hydrogens (tertiary/aromatic N) is 1. The highest BCUT2D eigenvalue weighted by molar-refractivity contribution is 5.12. The summed E-state index contributed by atoms with van der Waals surface area (Å²) in [5.41, 5.74) is 6.27. The molecule has 0 saturated carbocycles. The average molecular weight is 238 g/mol. The van der Waals surface area contributed by atoms with E-state index in [-0.39, 0.29) is 12.1 Å². The third kappa shape index (κ3) is 3.33. The maximum absolute atomic E-state index is 6.27. The van der Waals surface area contributed by atoms with Crippen molar-refractivity contribution in [3.63, 3.8) is 0 Å². The molecule has 0 aromatic carbocycles. The summed E-state index contributed by atoms with van der Waals surface area (Å²) in [6.07, 6.45) is 0.952. The Morgan fingerprint density at radius 1 is 1.29 bits per heavy atom. The topological polar surface area (TPSA) is 42.4 Å². The van der Waals surface area contributed by atoms with Gasteiger partial charge in [0.05, 0.1) is 6.04 Å². The fraction of sp³-hybridized carbons (Fsp3) is 0.714. The quantitative estimate of drug-likeness (QED) is 0.828. The Balaban J connectivity index is 3.02. The Bertz CT molecular complexity index is 333. The van der Waals surface area contributed by atoms with E-state index < -0.39 is 0 Å². The molecule has 1 aromatic heterocycles. The summed E-state index contributed by atoms with van der Waals surface area (Å²) in [6, 6.07) is 4.83. The van der Waals surface area contributed by atoms with Crippen molar-refractivity contribution in [3.8, 4) is 0 Å². The van der Waals surface area contributed by atoms with Gasteiger partial charge in [0, 0.05) is 12.1 Å². The van der Waals surface area contributed by atoms with E-state index in [0.29, 0.717) is 6.04 Å². The lowest BCUT2D eigenvalue weighted by Gasteiger charge is -2.36. The molecule has 0 amide bonds. The Labute approximate surface area is 105 Å². The second kappa shape index (κ2) is 6.22. The molecule has 2 atom stereocenters. The fourth-order valence-electron chi connectivity index (χ4n) is 2.34. The minimum atomic E-state index is 0.114. The summed E-state index contributed by atoms with van der Waals surface area (Å²) < 4.78 is 5.78.